The maximum atomic E-state index is 13.9. The Hall–Kier alpha value is -4.46. The lowest BCUT2D eigenvalue weighted by Gasteiger charge is -2.15. The molecule has 2 heterocycles. The van der Waals surface area contributed by atoms with Crippen LogP contribution in [0.1, 0.15) is 29.3 Å². The first-order valence-electron chi connectivity index (χ1n) is 14.0. The molecule has 0 unspecified atom stereocenters. The molecule has 0 atom stereocenters. The highest BCUT2D eigenvalue weighted by molar-refractivity contribution is 6.39. The molecule has 0 radical (unpaired) electrons. The Morgan fingerprint density at radius 2 is 1.65 bits per heavy atom. The molecule has 0 aliphatic rings. The fraction of sp³-hybridized carbons (Fsp3) is 0.258. The number of carbonyl (C=O) groups excluding carboxylic acids is 2. The Morgan fingerprint density at radius 1 is 0.957 bits per heavy atom. The van der Waals surface area contributed by atoms with Crippen molar-refractivity contribution in [2.45, 2.75) is 26.1 Å². The Bertz CT molecular complexity index is 1790. The molecule has 4 aromatic rings. The molecule has 0 spiro atoms. The fourth-order valence-corrected chi connectivity index (χ4v) is 4.89. The lowest BCUT2D eigenvalue weighted by molar-refractivity contribution is -0.137. The van der Waals surface area contributed by atoms with Crippen molar-refractivity contribution in [1.29, 1.82) is 0 Å². The quantitative estimate of drug-likeness (QED) is 0.162. The summed E-state index contributed by atoms with van der Waals surface area (Å²) in [6.07, 6.45) is -1.49. The normalized spacial score (nSPS) is 11.4. The van der Waals surface area contributed by atoms with Gasteiger partial charge >= 0.3 is 12.2 Å². The number of aromatic nitrogens is 3. The van der Waals surface area contributed by atoms with Gasteiger partial charge in [0.15, 0.2) is 0 Å². The van der Waals surface area contributed by atoms with Crippen molar-refractivity contribution < 1.29 is 22.8 Å². The van der Waals surface area contributed by atoms with Crippen LogP contribution in [0, 0.1) is 0 Å². The average Bonchev–Trinajstić information content (AvgIpc) is 3.01. The zero-order valence-electron chi connectivity index (χ0n) is 25.0. The number of nitrogens with one attached hydrogen (secondary N) is 3. The zero-order chi connectivity index (χ0) is 33.6. The monoisotopic (exact) mass is 675 g/mol. The fourth-order valence-electron chi connectivity index (χ4n) is 4.43. The number of pyridine rings is 1. The number of rotatable bonds is 10. The van der Waals surface area contributed by atoms with E-state index in [1.807, 2.05) is 19.0 Å². The van der Waals surface area contributed by atoms with Gasteiger partial charge in [-0.2, -0.15) is 18.3 Å². The van der Waals surface area contributed by atoms with E-state index in [2.05, 4.69) is 26.0 Å². The van der Waals surface area contributed by atoms with Crippen molar-refractivity contribution in [1.82, 2.24) is 25.0 Å². The maximum Gasteiger partial charge on any atom is 0.416 e. The van der Waals surface area contributed by atoms with Gasteiger partial charge in [0.2, 0.25) is 0 Å². The van der Waals surface area contributed by atoms with E-state index in [1.54, 1.807) is 31.2 Å². The summed E-state index contributed by atoms with van der Waals surface area (Å²) < 4.78 is 42.8. The standard InChI is InChI=1S/C31H30Cl2F3N7O3/c1-4-43-29(45)26(39-30(46)40-27-23(32)16-37-17-24(27)33)15-25(41-43)19-8-5-7-18(11-19)20-12-21(14-22(13-20)31(34,35)36)28(44)38-9-6-10-42(2)3/h5,7-8,11-17H,4,6,9-10H2,1-3H3,(H,38,44)(H2,37,39,40,46). The summed E-state index contributed by atoms with van der Waals surface area (Å²) >= 11 is 12.2. The molecule has 3 amide bonds. The number of alkyl halides is 3. The average molecular weight is 677 g/mol. The Balaban J connectivity index is 1.67. The highest BCUT2D eigenvalue weighted by Crippen LogP contribution is 2.35. The van der Waals surface area contributed by atoms with Crippen LogP contribution in [0.4, 0.5) is 29.3 Å². The second kappa shape index (κ2) is 14.8. The van der Waals surface area contributed by atoms with Gasteiger partial charge in [0.05, 0.1) is 27.0 Å². The molecule has 3 N–H and O–H groups in total. The van der Waals surface area contributed by atoms with E-state index in [-0.39, 0.29) is 44.8 Å². The lowest BCUT2D eigenvalue weighted by atomic mass is 9.97. The molecule has 0 bridgehead atoms. The lowest BCUT2D eigenvalue weighted by Crippen LogP contribution is -2.29. The smallest absolute Gasteiger partial charge is 0.352 e. The van der Waals surface area contributed by atoms with Crippen LogP contribution in [0.25, 0.3) is 22.4 Å². The molecule has 4 rings (SSSR count). The molecule has 0 aliphatic heterocycles. The van der Waals surface area contributed by atoms with E-state index in [4.69, 9.17) is 23.2 Å². The van der Waals surface area contributed by atoms with E-state index in [0.717, 1.165) is 16.8 Å². The van der Waals surface area contributed by atoms with Crippen molar-refractivity contribution in [2.24, 2.45) is 0 Å². The third-order valence-electron chi connectivity index (χ3n) is 6.70. The van der Waals surface area contributed by atoms with Crippen LogP contribution in [0.3, 0.4) is 0 Å². The number of amides is 3. The molecule has 0 saturated carbocycles. The minimum Gasteiger partial charge on any atom is -0.352 e. The van der Waals surface area contributed by atoms with E-state index in [9.17, 15) is 27.6 Å². The van der Waals surface area contributed by atoms with Gasteiger partial charge in [0.1, 0.15) is 5.69 Å². The summed E-state index contributed by atoms with van der Waals surface area (Å²) in [7, 11) is 3.76. The molecule has 0 saturated heterocycles. The van der Waals surface area contributed by atoms with Crippen LogP contribution in [0.2, 0.25) is 10.0 Å². The number of aryl methyl sites for hydroxylation is 1. The molecular formula is C31H30Cl2F3N7O3. The molecule has 46 heavy (non-hydrogen) atoms. The van der Waals surface area contributed by atoms with Gasteiger partial charge in [-0.05, 0) is 75.4 Å². The Labute approximate surface area is 272 Å². The first-order chi connectivity index (χ1) is 21.8. The van der Waals surface area contributed by atoms with E-state index in [1.165, 1.54) is 24.5 Å². The van der Waals surface area contributed by atoms with Crippen molar-refractivity contribution in [3.63, 3.8) is 0 Å². The highest BCUT2D eigenvalue weighted by atomic mass is 35.5. The van der Waals surface area contributed by atoms with Gasteiger partial charge in [-0.15, -0.1) is 0 Å². The first-order valence-corrected chi connectivity index (χ1v) is 14.8. The number of benzene rings is 2. The van der Waals surface area contributed by atoms with Gasteiger partial charge in [-0.1, -0.05) is 41.4 Å². The van der Waals surface area contributed by atoms with Gasteiger partial charge in [0, 0.05) is 36.6 Å². The number of carbonyl (C=O) groups is 2. The maximum absolute atomic E-state index is 13.9. The van der Waals surface area contributed by atoms with Crippen molar-refractivity contribution in [3.8, 4) is 22.4 Å². The summed E-state index contributed by atoms with van der Waals surface area (Å²) in [4.78, 5) is 44.4. The molecular weight excluding hydrogens is 646 g/mol. The summed E-state index contributed by atoms with van der Waals surface area (Å²) in [5, 5.41) is 12.2. The van der Waals surface area contributed by atoms with Gasteiger partial charge in [-0.3, -0.25) is 14.6 Å². The molecule has 0 aliphatic carbocycles. The first kappa shape index (κ1) is 34.4. The summed E-state index contributed by atoms with van der Waals surface area (Å²) in [5.41, 5.74) is -0.510. The summed E-state index contributed by atoms with van der Waals surface area (Å²) in [6.45, 7) is 2.85. The van der Waals surface area contributed by atoms with E-state index < -0.39 is 29.2 Å². The van der Waals surface area contributed by atoms with Gasteiger partial charge in [0.25, 0.3) is 11.5 Å². The van der Waals surface area contributed by atoms with Crippen LogP contribution in [0.5, 0.6) is 0 Å². The van der Waals surface area contributed by atoms with Crippen molar-refractivity contribution >= 4 is 46.5 Å². The van der Waals surface area contributed by atoms with Crippen LogP contribution in [-0.2, 0) is 12.7 Å². The minimum atomic E-state index is -4.70. The van der Waals surface area contributed by atoms with Crippen molar-refractivity contribution in [2.75, 3.05) is 37.8 Å². The number of anilines is 2. The number of nitrogens with zero attached hydrogens (tertiary/aromatic N) is 4. The third kappa shape index (κ3) is 8.62. The molecule has 0 fully saturated rings. The topological polar surface area (TPSA) is 121 Å². The number of hydrogen-bond donors (Lipinski definition) is 3. The SMILES string of the molecule is CCn1nc(-c2cccc(-c3cc(C(=O)NCCCN(C)C)cc(C(F)(F)F)c3)c2)cc(NC(=O)Nc2c(Cl)cncc2Cl)c1=O. The van der Waals surface area contributed by atoms with Gasteiger partial charge < -0.3 is 20.9 Å². The number of hydrogen-bond acceptors (Lipinski definition) is 6. The van der Waals surface area contributed by atoms with Gasteiger partial charge in [-0.25, -0.2) is 9.48 Å². The van der Waals surface area contributed by atoms with E-state index >= 15 is 0 Å². The Kier molecular flexibility index (Phi) is 11.0. The largest absolute Gasteiger partial charge is 0.416 e. The minimum absolute atomic E-state index is 0.0837. The summed E-state index contributed by atoms with van der Waals surface area (Å²) in [6, 6.07) is 10.2. The van der Waals surface area contributed by atoms with Crippen LogP contribution < -0.4 is 21.5 Å². The van der Waals surface area contributed by atoms with Crippen LogP contribution in [-0.4, -0.2) is 58.8 Å². The number of halogens is 5. The summed E-state index contributed by atoms with van der Waals surface area (Å²) in [5.74, 6) is -0.623. The highest BCUT2D eigenvalue weighted by Gasteiger charge is 2.32. The Morgan fingerprint density at radius 3 is 2.30 bits per heavy atom. The van der Waals surface area contributed by atoms with Crippen LogP contribution in [0.15, 0.2) is 65.7 Å². The second-order valence-corrected chi connectivity index (χ2v) is 11.2. The zero-order valence-corrected chi connectivity index (χ0v) is 26.5. The van der Waals surface area contributed by atoms with Crippen molar-refractivity contribution in [3.05, 3.63) is 92.5 Å². The molecule has 242 valence electrons. The predicted octanol–water partition coefficient (Wildman–Crippen LogP) is 6.64. The number of urea groups is 1. The van der Waals surface area contributed by atoms with Crippen LogP contribution >= 0.6 is 23.2 Å². The third-order valence-corrected chi connectivity index (χ3v) is 7.27. The molecule has 15 heteroatoms. The molecule has 2 aromatic heterocycles. The van der Waals surface area contributed by atoms with E-state index in [0.29, 0.717) is 30.6 Å². The predicted molar refractivity (Wildman–Crippen MR) is 172 cm³/mol. The molecule has 10 nitrogen and oxygen atoms in total. The molecule has 2 aromatic carbocycles. The second-order valence-electron chi connectivity index (χ2n) is 10.4.